The Labute approximate surface area is 114 Å². The van der Waals surface area contributed by atoms with Gasteiger partial charge in [0.25, 0.3) is 0 Å². The van der Waals surface area contributed by atoms with E-state index < -0.39 is 0 Å². The summed E-state index contributed by atoms with van der Waals surface area (Å²) in [6.45, 7) is 2.70. The lowest BCUT2D eigenvalue weighted by Gasteiger charge is -2.16. The normalized spacial score (nSPS) is 18.6. The Hall–Kier alpha value is -2.53. The van der Waals surface area contributed by atoms with Crippen molar-refractivity contribution in [3.05, 3.63) is 34.5 Å². The van der Waals surface area contributed by atoms with Crippen LogP contribution in [0.4, 0.5) is 5.69 Å². The Kier molecular flexibility index (Phi) is 3.04. The van der Waals surface area contributed by atoms with Gasteiger partial charge < -0.3 is 9.32 Å². The van der Waals surface area contributed by atoms with Gasteiger partial charge in [-0.05, 0) is 23.6 Å². The van der Waals surface area contributed by atoms with E-state index in [0.717, 1.165) is 11.2 Å². The molecule has 2 heterocycles. The van der Waals surface area contributed by atoms with Gasteiger partial charge >= 0.3 is 0 Å². The van der Waals surface area contributed by atoms with Crippen LogP contribution in [0.3, 0.4) is 0 Å². The van der Waals surface area contributed by atoms with Gasteiger partial charge in [0.1, 0.15) is 5.52 Å². The van der Waals surface area contributed by atoms with Crippen molar-refractivity contribution in [1.82, 2.24) is 4.98 Å². The first kappa shape index (κ1) is 12.5. The molecular formula is C13H13N5O2. The van der Waals surface area contributed by atoms with Gasteiger partial charge in [-0.3, -0.25) is 4.79 Å². The minimum absolute atomic E-state index is 0.0405. The molecule has 0 bridgehead atoms. The number of hydrogen-bond acceptors (Lipinski definition) is 4. The van der Waals surface area contributed by atoms with E-state index in [1.54, 1.807) is 11.8 Å². The molecule has 0 spiro atoms. The number of benzene rings is 1. The van der Waals surface area contributed by atoms with Crippen molar-refractivity contribution in [2.75, 3.05) is 18.0 Å². The fraction of sp³-hybridized carbons (Fsp3) is 0.385. The first-order chi connectivity index (χ1) is 9.67. The molecule has 1 atom stereocenters. The van der Waals surface area contributed by atoms with E-state index in [4.69, 9.17) is 9.95 Å². The fourth-order valence-electron chi connectivity index (χ4n) is 2.50. The maximum atomic E-state index is 12.0. The summed E-state index contributed by atoms with van der Waals surface area (Å²) in [5.41, 5.74) is 10.6. The smallest absolute Gasteiger partial charge is 0.227 e. The van der Waals surface area contributed by atoms with Gasteiger partial charge in [-0.25, -0.2) is 4.98 Å². The summed E-state index contributed by atoms with van der Waals surface area (Å²) in [7, 11) is 0. The van der Waals surface area contributed by atoms with Crippen molar-refractivity contribution in [3.8, 4) is 0 Å². The predicted octanol–water partition coefficient (Wildman–Crippen LogP) is 2.80. The van der Waals surface area contributed by atoms with Crippen LogP contribution in [0, 0.1) is 12.8 Å². The van der Waals surface area contributed by atoms with Crippen LogP contribution in [0.2, 0.25) is 0 Å². The lowest BCUT2D eigenvalue weighted by atomic mass is 10.1. The maximum absolute atomic E-state index is 12.0. The molecule has 0 N–H and O–H groups in total. The molecule has 0 saturated carbocycles. The highest BCUT2D eigenvalue weighted by Crippen LogP contribution is 2.28. The average Bonchev–Trinajstić information content (AvgIpc) is 2.97. The molecule has 1 amide bonds. The number of rotatable bonds is 3. The lowest BCUT2D eigenvalue weighted by Crippen LogP contribution is -2.24. The van der Waals surface area contributed by atoms with E-state index in [1.165, 1.54) is 0 Å². The quantitative estimate of drug-likeness (QED) is 0.487. The average molecular weight is 271 g/mol. The van der Waals surface area contributed by atoms with E-state index >= 15 is 0 Å². The third-order valence-electron chi connectivity index (χ3n) is 3.40. The molecule has 0 radical (unpaired) electrons. The Morgan fingerprint density at radius 3 is 3.25 bits per heavy atom. The zero-order valence-corrected chi connectivity index (χ0v) is 11.0. The number of fused-ring (bicyclic) bond motifs is 1. The van der Waals surface area contributed by atoms with E-state index in [1.807, 2.05) is 18.2 Å². The first-order valence-corrected chi connectivity index (χ1v) is 6.36. The highest BCUT2D eigenvalue weighted by atomic mass is 16.3. The van der Waals surface area contributed by atoms with Crippen molar-refractivity contribution in [1.29, 1.82) is 0 Å². The molecule has 1 unspecified atom stereocenters. The molecule has 0 aliphatic carbocycles. The van der Waals surface area contributed by atoms with Gasteiger partial charge in [0, 0.05) is 43.1 Å². The molecule has 3 rings (SSSR count). The molecule has 1 aliphatic rings. The fourth-order valence-corrected chi connectivity index (χ4v) is 2.50. The molecule has 7 nitrogen and oxygen atoms in total. The maximum Gasteiger partial charge on any atom is 0.227 e. The lowest BCUT2D eigenvalue weighted by molar-refractivity contribution is -0.117. The molecule has 1 aromatic carbocycles. The third-order valence-corrected chi connectivity index (χ3v) is 3.40. The monoisotopic (exact) mass is 271 g/mol. The predicted molar refractivity (Wildman–Crippen MR) is 73.2 cm³/mol. The van der Waals surface area contributed by atoms with Crippen LogP contribution in [0.25, 0.3) is 21.5 Å². The molecule has 7 heteroatoms. The van der Waals surface area contributed by atoms with Crippen molar-refractivity contribution >= 4 is 22.7 Å². The van der Waals surface area contributed by atoms with Gasteiger partial charge in [-0.2, -0.15) is 0 Å². The second-order valence-electron chi connectivity index (χ2n) is 4.87. The largest absolute Gasteiger partial charge is 0.441 e. The number of carbonyl (C=O) groups is 1. The minimum Gasteiger partial charge on any atom is -0.441 e. The zero-order valence-electron chi connectivity index (χ0n) is 11.0. The van der Waals surface area contributed by atoms with E-state index in [-0.39, 0.29) is 11.8 Å². The van der Waals surface area contributed by atoms with Crippen LogP contribution in [-0.4, -0.2) is 24.0 Å². The number of amides is 1. The van der Waals surface area contributed by atoms with Crippen LogP contribution in [0.1, 0.15) is 12.3 Å². The number of nitrogens with zero attached hydrogens (tertiary/aromatic N) is 5. The molecular weight excluding hydrogens is 258 g/mol. The summed E-state index contributed by atoms with van der Waals surface area (Å²) in [5, 5.41) is 3.54. The number of aromatic nitrogens is 1. The first-order valence-electron chi connectivity index (χ1n) is 6.36. The zero-order chi connectivity index (χ0) is 14.1. The Morgan fingerprint density at radius 1 is 1.60 bits per heavy atom. The number of azide groups is 1. The molecule has 1 aromatic heterocycles. The Bertz CT molecular complexity index is 717. The topological polar surface area (TPSA) is 95.1 Å². The van der Waals surface area contributed by atoms with E-state index in [0.29, 0.717) is 31.0 Å². The number of hydrogen-bond donors (Lipinski definition) is 0. The van der Waals surface area contributed by atoms with Crippen molar-refractivity contribution in [2.24, 2.45) is 11.0 Å². The summed E-state index contributed by atoms with van der Waals surface area (Å²) in [4.78, 5) is 20.7. The van der Waals surface area contributed by atoms with Crippen LogP contribution < -0.4 is 4.90 Å². The number of aryl methyl sites for hydroxylation is 1. The number of anilines is 1. The molecule has 1 fully saturated rings. The summed E-state index contributed by atoms with van der Waals surface area (Å²) in [6, 6.07) is 5.52. The highest BCUT2D eigenvalue weighted by Gasteiger charge is 2.30. The summed E-state index contributed by atoms with van der Waals surface area (Å²) in [5.74, 6) is 0.718. The van der Waals surface area contributed by atoms with Gasteiger partial charge in [-0.15, -0.1) is 0 Å². The molecule has 20 heavy (non-hydrogen) atoms. The van der Waals surface area contributed by atoms with Crippen LogP contribution in [0.15, 0.2) is 27.7 Å². The second kappa shape index (κ2) is 4.86. The van der Waals surface area contributed by atoms with Crippen LogP contribution in [-0.2, 0) is 4.79 Å². The van der Waals surface area contributed by atoms with Crippen molar-refractivity contribution in [2.45, 2.75) is 13.3 Å². The third kappa shape index (κ3) is 2.19. The summed E-state index contributed by atoms with van der Waals surface area (Å²) < 4.78 is 5.48. The molecule has 1 saturated heterocycles. The standard InChI is InChI=1S/C13H13N5O2/c1-8-16-11-3-2-10(5-12(11)20-8)18-7-9(4-13(18)19)6-15-17-14/h2-3,5,9H,4,6-7H2,1H3. The van der Waals surface area contributed by atoms with E-state index in [2.05, 4.69) is 15.0 Å². The molecule has 2 aromatic rings. The number of carbonyl (C=O) groups excluding carboxylic acids is 1. The SMILES string of the molecule is Cc1nc2ccc(N3CC(CN=[N+]=[N-])CC3=O)cc2o1. The van der Waals surface area contributed by atoms with Gasteiger partial charge in [0.15, 0.2) is 11.5 Å². The Balaban J connectivity index is 1.86. The van der Waals surface area contributed by atoms with E-state index in [9.17, 15) is 4.79 Å². The number of oxazole rings is 1. The summed E-state index contributed by atoms with van der Waals surface area (Å²) >= 11 is 0. The highest BCUT2D eigenvalue weighted by molar-refractivity contribution is 5.97. The van der Waals surface area contributed by atoms with Gasteiger partial charge in [0.05, 0.1) is 0 Å². The summed E-state index contributed by atoms with van der Waals surface area (Å²) in [6.07, 6.45) is 0.409. The van der Waals surface area contributed by atoms with Crippen LogP contribution in [0.5, 0.6) is 0 Å². The second-order valence-corrected chi connectivity index (χ2v) is 4.87. The molecule has 1 aliphatic heterocycles. The minimum atomic E-state index is 0.0405. The van der Waals surface area contributed by atoms with Crippen molar-refractivity contribution < 1.29 is 9.21 Å². The van der Waals surface area contributed by atoms with Crippen molar-refractivity contribution in [3.63, 3.8) is 0 Å². The van der Waals surface area contributed by atoms with Crippen LogP contribution >= 0.6 is 0 Å². The molecule has 102 valence electrons. The van der Waals surface area contributed by atoms with Gasteiger partial charge in [0.2, 0.25) is 5.91 Å². The Morgan fingerprint density at radius 2 is 2.45 bits per heavy atom. The van der Waals surface area contributed by atoms with Gasteiger partial charge in [-0.1, -0.05) is 5.11 Å².